The monoisotopic (exact) mass is 327 g/mol. The molecule has 4 nitrogen and oxygen atoms in total. The van der Waals surface area contributed by atoms with Crippen molar-refractivity contribution < 1.29 is 4.79 Å². The number of hydrogen-bond acceptors (Lipinski definition) is 2. The molecule has 2 heterocycles. The quantitative estimate of drug-likeness (QED) is 0.918. The molecule has 0 aliphatic carbocycles. The van der Waals surface area contributed by atoms with Crippen LogP contribution >= 0.6 is 27.5 Å². The van der Waals surface area contributed by atoms with Gasteiger partial charge in [-0.15, -0.1) is 0 Å². The molecule has 0 unspecified atom stereocenters. The lowest BCUT2D eigenvalue weighted by atomic mass is 10.3. The molecule has 1 amide bonds. The van der Waals surface area contributed by atoms with Crippen molar-refractivity contribution in [3.05, 3.63) is 45.3 Å². The topological polar surface area (TPSA) is 46.9 Å². The fraction of sp³-hybridized carbons (Fsp3) is 0.167. The molecular formula is C12H11BrClN3O. The van der Waals surface area contributed by atoms with Crippen LogP contribution in [0.1, 0.15) is 16.1 Å². The van der Waals surface area contributed by atoms with Gasteiger partial charge in [0.2, 0.25) is 0 Å². The van der Waals surface area contributed by atoms with Gasteiger partial charge in [-0.3, -0.25) is 4.79 Å². The molecule has 2 aromatic rings. The number of amides is 1. The van der Waals surface area contributed by atoms with Gasteiger partial charge in [0.15, 0.2) is 0 Å². The normalized spacial score (nSPS) is 10.4. The summed E-state index contributed by atoms with van der Waals surface area (Å²) < 4.78 is 2.55. The second-order valence-corrected chi connectivity index (χ2v) is 5.28. The summed E-state index contributed by atoms with van der Waals surface area (Å²) in [6.45, 7) is 1.88. The van der Waals surface area contributed by atoms with Gasteiger partial charge in [-0.05, 0) is 40.5 Å². The summed E-state index contributed by atoms with van der Waals surface area (Å²) in [7, 11) is 1.77. The summed E-state index contributed by atoms with van der Waals surface area (Å²) in [6.07, 6.45) is 3.32. The molecule has 2 rings (SSSR count). The van der Waals surface area contributed by atoms with Gasteiger partial charge in [-0.1, -0.05) is 11.6 Å². The highest BCUT2D eigenvalue weighted by Gasteiger charge is 2.13. The largest absolute Gasteiger partial charge is 0.345 e. The second kappa shape index (κ2) is 5.12. The van der Waals surface area contributed by atoms with Crippen LogP contribution in [0.15, 0.2) is 29.0 Å². The predicted molar refractivity (Wildman–Crippen MR) is 75.1 cm³/mol. The Bertz CT molecular complexity index is 609. The van der Waals surface area contributed by atoms with Gasteiger partial charge in [0.25, 0.3) is 5.91 Å². The van der Waals surface area contributed by atoms with Gasteiger partial charge in [-0.2, -0.15) is 0 Å². The Balaban J connectivity index is 2.24. The molecule has 0 aromatic carbocycles. The zero-order valence-electron chi connectivity index (χ0n) is 9.87. The molecule has 0 spiro atoms. The lowest BCUT2D eigenvalue weighted by molar-refractivity contribution is 0.101. The number of carbonyl (C=O) groups excluding carboxylic acids is 1. The van der Waals surface area contributed by atoms with Crippen LogP contribution < -0.4 is 5.32 Å². The first-order valence-corrected chi connectivity index (χ1v) is 6.40. The Morgan fingerprint density at radius 3 is 2.78 bits per heavy atom. The number of pyridine rings is 1. The first-order chi connectivity index (χ1) is 8.47. The van der Waals surface area contributed by atoms with E-state index in [0.717, 1.165) is 10.0 Å². The third-order valence-electron chi connectivity index (χ3n) is 2.48. The smallest absolute Gasteiger partial charge is 0.273 e. The maximum atomic E-state index is 12.0. The number of carbonyl (C=O) groups is 1. The molecule has 0 saturated heterocycles. The number of hydrogen-bond donors (Lipinski definition) is 1. The average molecular weight is 329 g/mol. The fourth-order valence-corrected chi connectivity index (χ4v) is 2.29. The van der Waals surface area contributed by atoms with E-state index < -0.39 is 0 Å². The van der Waals surface area contributed by atoms with Gasteiger partial charge in [0, 0.05) is 23.9 Å². The molecule has 6 heteroatoms. The van der Waals surface area contributed by atoms with E-state index in [1.165, 1.54) is 0 Å². The van der Waals surface area contributed by atoms with Crippen LogP contribution in [-0.4, -0.2) is 15.5 Å². The van der Waals surface area contributed by atoms with Crippen LogP contribution in [0.2, 0.25) is 5.02 Å². The minimum Gasteiger partial charge on any atom is -0.345 e. The van der Waals surface area contributed by atoms with Crippen LogP contribution in [0.25, 0.3) is 0 Å². The molecule has 0 saturated carbocycles. The molecule has 0 radical (unpaired) electrons. The molecule has 0 bridgehead atoms. The van der Waals surface area contributed by atoms with Crippen LogP contribution in [0.4, 0.5) is 5.82 Å². The zero-order chi connectivity index (χ0) is 13.3. The molecular weight excluding hydrogens is 318 g/mol. The van der Waals surface area contributed by atoms with Gasteiger partial charge in [0.1, 0.15) is 11.5 Å². The summed E-state index contributed by atoms with van der Waals surface area (Å²) in [5, 5.41) is 3.29. The number of rotatable bonds is 2. The van der Waals surface area contributed by atoms with E-state index >= 15 is 0 Å². The number of nitrogens with zero attached hydrogens (tertiary/aromatic N) is 2. The molecule has 94 valence electrons. The first kappa shape index (κ1) is 13.1. The van der Waals surface area contributed by atoms with Crippen molar-refractivity contribution >= 4 is 39.3 Å². The third-order valence-corrected chi connectivity index (χ3v) is 3.12. The van der Waals surface area contributed by atoms with Crippen molar-refractivity contribution in [2.24, 2.45) is 7.05 Å². The predicted octanol–water partition coefficient (Wildman–Crippen LogP) is 3.40. The highest BCUT2D eigenvalue weighted by atomic mass is 79.9. The lowest BCUT2D eigenvalue weighted by Gasteiger charge is -2.08. The van der Waals surface area contributed by atoms with E-state index in [2.05, 4.69) is 26.2 Å². The van der Waals surface area contributed by atoms with E-state index in [1.807, 2.05) is 13.0 Å². The molecule has 0 aliphatic rings. The first-order valence-electron chi connectivity index (χ1n) is 5.22. The van der Waals surface area contributed by atoms with Crippen LogP contribution in [-0.2, 0) is 7.05 Å². The SMILES string of the molecule is Cc1cc(Br)cnc1NC(=O)c1cc(Cl)cn1C. The molecule has 0 fully saturated rings. The van der Waals surface area contributed by atoms with E-state index in [1.54, 1.807) is 30.1 Å². The molecule has 2 aromatic heterocycles. The minimum atomic E-state index is -0.234. The summed E-state index contributed by atoms with van der Waals surface area (Å²) in [4.78, 5) is 16.2. The Kier molecular flexibility index (Phi) is 3.73. The Morgan fingerprint density at radius 1 is 1.50 bits per heavy atom. The van der Waals surface area contributed by atoms with E-state index in [0.29, 0.717) is 16.5 Å². The summed E-state index contributed by atoms with van der Waals surface area (Å²) in [6, 6.07) is 3.51. The van der Waals surface area contributed by atoms with E-state index in [9.17, 15) is 4.79 Å². The Hall–Kier alpha value is -1.33. The summed E-state index contributed by atoms with van der Waals surface area (Å²) >= 11 is 9.17. The van der Waals surface area contributed by atoms with Crippen molar-refractivity contribution in [2.45, 2.75) is 6.92 Å². The summed E-state index contributed by atoms with van der Waals surface area (Å²) in [5.74, 6) is 0.308. The van der Waals surface area contributed by atoms with Crippen LogP contribution in [0.5, 0.6) is 0 Å². The minimum absolute atomic E-state index is 0.234. The second-order valence-electron chi connectivity index (χ2n) is 3.93. The van der Waals surface area contributed by atoms with Gasteiger partial charge in [-0.25, -0.2) is 4.98 Å². The Labute approximate surface area is 118 Å². The molecule has 0 aliphatic heterocycles. The number of anilines is 1. The molecule has 18 heavy (non-hydrogen) atoms. The number of aromatic nitrogens is 2. The lowest BCUT2D eigenvalue weighted by Crippen LogP contribution is -2.16. The zero-order valence-corrected chi connectivity index (χ0v) is 12.2. The third kappa shape index (κ3) is 2.73. The average Bonchev–Trinajstić information content (AvgIpc) is 2.62. The molecule has 1 N–H and O–H groups in total. The highest BCUT2D eigenvalue weighted by molar-refractivity contribution is 9.10. The Morgan fingerprint density at radius 2 is 2.22 bits per heavy atom. The van der Waals surface area contributed by atoms with E-state index in [4.69, 9.17) is 11.6 Å². The van der Waals surface area contributed by atoms with Gasteiger partial charge >= 0.3 is 0 Å². The maximum Gasteiger partial charge on any atom is 0.273 e. The number of aryl methyl sites for hydroxylation is 2. The van der Waals surface area contributed by atoms with Crippen LogP contribution in [0, 0.1) is 6.92 Å². The highest BCUT2D eigenvalue weighted by Crippen LogP contribution is 2.18. The maximum absolute atomic E-state index is 12.0. The van der Waals surface area contributed by atoms with Crippen molar-refractivity contribution in [1.82, 2.24) is 9.55 Å². The number of nitrogens with one attached hydrogen (secondary N) is 1. The van der Waals surface area contributed by atoms with Crippen LogP contribution in [0.3, 0.4) is 0 Å². The standard InChI is InChI=1S/C12H11BrClN3O/c1-7-3-8(13)5-15-11(7)16-12(18)10-4-9(14)6-17(10)2/h3-6H,1-2H3,(H,15,16,18). The van der Waals surface area contributed by atoms with Gasteiger partial charge < -0.3 is 9.88 Å². The van der Waals surface area contributed by atoms with Crippen molar-refractivity contribution in [3.8, 4) is 0 Å². The van der Waals surface area contributed by atoms with Crippen molar-refractivity contribution in [3.63, 3.8) is 0 Å². The van der Waals surface area contributed by atoms with Crippen molar-refractivity contribution in [2.75, 3.05) is 5.32 Å². The molecule has 0 atom stereocenters. The van der Waals surface area contributed by atoms with E-state index in [-0.39, 0.29) is 5.91 Å². The summed E-state index contributed by atoms with van der Waals surface area (Å²) in [5.41, 5.74) is 1.38. The number of halogens is 2. The van der Waals surface area contributed by atoms with Crippen molar-refractivity contribution in [1.29, 1.82) is 0 Å². The van der Waals surface area contributed by atoms with Gasteiger partial charge in [0.05, 0.1) is 5.02 Å². The fourth-order valence-electron chi connectivity index (χ4n) is 1.59.